The summed E-state index contributed by atoms with van der Waals surface area (Å²) in [5, 5.41) is 11.0. The van der Waals surface area contributed by atoms with Gasteiger partial charge in [0.15, 0.2) is 11.4 Å². The molecule has 1 amide bonds. The molecular weight excluding hydrogens is 358 g/mol. The van der Waals surface area contributed by atoms with Crippen LogP contribution in [0.1, 0.15) is 29.3 Å². The number of halogens is 1. The zero-order chi connectivity index (χ0) is 16.6. The zero-order valence-corrected chi connectivity index (χ0v) is 14.2. The Bertz CT molecular complexity index is 775. The van der Waals surface area contributed by atoms with Gasteiger partial charge in [-0.15, -0.1) is 0 Å². The number of fused-ring (bicyclic) bond motifs is 1. The van der Waals surface area contributed by atoms with Crippen molar-refractivity contribution in [3.8, 4) is 0 Å². The molecule has 23 heavy (non-hydrogen) atoms. The van der Waals surface area contributed by atoms with Crippen molar-refractivity contribution >= 4 is 33.3 Å². The average molecular weight is 374 g/mol. The number of ketones is 1. The minimum Gasteiger partial charge on any atom is -0.375 e. The topological polar surface area (TPSA) is 57.6 Å². The Morgan fingerprint density at radius 2 is 1.91 bits per heavy atom. The van der Waals surface area contributed by atoms with Gasteiger partial charge in [0, 0.05) is 22.1 Å². The largest absolute Gasteiger partial charge is 0.375 e. The Kier molecular flexibility index (Phi) is 4.08. The maximum atomic E-state index is 12.7. The lowest BCUT2D eigenvalue weighted by Gasteiger charge is -2.22. The maximum Gasteiger partial charge on any atom is 0.264 e. The summed E-state index contributed by atoms with van der Waals surface area (Å²) in [6, 6.07) is 14.0. The second kappa shape index (κ2) is 5.91. The summed E-state index contributed by atoms with van der Waals surface area (Å²) in [6.07, 6.45) is -0.268. The third-order valence-corrected chi connectivity index (χ3v) is 4.62. The van der Waals surface area contributed by atoms with Gasteiger partial charge in [-0.1, -0.05) is 46.3 Å². The van der Waals surface area contributed by atoms with Gasteiger partial charge in [-0.05, 0) is 25.1 Å². The molecule has 0 saturated carbocycles. The summed E-state index contributed by atoms with van der Waals surface area (Å²) in [6.45, 7) is 2.28. The van der Waals surface area contributed by atoms with Crippen LogP contribution in [0.4, 0.5) is 5.69 Å². The summed E-state index contributed by atoms with van der Waals surface area (Å²) < 4.78 is 0.757. The number of benzene rings is 2. The number of rotatable bonds is 4. The molecule has 0 spiro atoms. The van der Waals surface area contributed by atoms with Crippen LogP contribution in [-0.4, -0.2) is 23.3 Å². The van der Waals surface area contributed by atoms with E-state index in [4.69, 9.17) is 0 Å². The maximum absolute atomic E-state index is 12.7. The lowest BCUT2D eigenvalue weighted by atomic mass is 9.88. The van der Waals surface area contributed by atoms with Crippen LogP contribution < -0.4 is 4.90 Å². The van der Waals surface area contributed by atoms with E-state index in [1.807, 2.05) is 19.1 Å². The third kappa shape index (κ3) is 2.60. The molecule has 0 radical (unpaired) electrons. The zero-order valence-electron chi connectivity index (χ0n) is 12.6. The molecule has 4 nitrogen and oxygen atoms in total. The van der Waals surface area contributed by atoms with Crippen LogP contribution >= 0.6 is 15.9 Å². The highest BCUT2D eigenvalue weighted by atomic mass is 79.9. The van der Waals surface area contributed by atoms with Gasteiger partial charge in [0.05, 0.1) is 12.1 Å². The van der Waals surface area contributed by atoms with Crippen LogP contribution in [0.3, 0.4) is 0 Å². The van der Waals surface area contributed by atoms with E-state index in [0.29, 0.717) is 23.4 Å². The van der Waals surface area contributed by atoms with Gasteiger partial charge in [0.1, 0.15) is 0 Å². The molecule has 0 saturated heterocycles. The number of nitrogens with zero attached hydrogens (tertiary/aromatic N) is 1. The van der Waals surface area contributed by atoms with E-state index in [1.165, 1.54) is 4.90 Å². The summed E-state index contributed by atoms with van der Waals surface area (Å²) >= 11 is 3.36. The Morgan fingerprint density at radius 3 is 2.57 bits per heavy atom. The van der Waals surface area contributed by atoms with Crippen LogP contribution in [0.15, 0.2) is 53.0 Å². The van der Waals surface area contributed by atoms with Gasteiger partial charge in [-0.25, -0.2) is 0 Å². The van der Waals surface area contributed by atoms with Crippen LogP contribution in [0, 0.1) is 0 Å². The van der Waals surface area contributed by atoms with Gasteiger partial charge >= 0.3 is 0 Å². The molecule has 0 bridgehead atoms. The molecule has 1 heterocycles. The number of amides is 1. The first-order valence-electron chi connectivity index (χ1n) is 7.40. The van der Waals surface area contributed by atoms with Gasteiger partial charge in [0.2, 0.25) is 0 Å². The van der Waals surface area contributed by atoms with Gasteiger partial charge in [-0.3, -0.25) is 9.59 Å². The fraction of sp³-hybridized carbons (Fsp3) is 0.222. The summed E-state index contributed by atoms with van der Waals surface area (Å²) in [7, 11) is 0. The van der Waals surface area contributed by atoms with E-state index in [-0.39, 0.29) is 12.2 Å². The molecule has 5 heteroatoms. The molecule has 2 aromatic carbocycles. The molecule has 1 aliphatic rings. The molecule has 2 aromatic rings. The summed E-state index contributed by atoms with van der Waals surface area (Å²) in [4.78, 5) is 26.7. The lowest BCUT2D eigenvalue weighted by molar-refractivity contribution is -0.135. The van der Waals surface area contributed by atoms with E-state index >= 15 is 0 Å². The van der Waals surface area contributed by atoms with E-state index in [0.717, 1.165) is 4.47 Å². The Morgan fingerprint density at radius 1 is 1.22 bits per heavy atom. The SMILES string of the molecule is CCN1C(=O)C(O)(CC(=O)c2ccccc2)c2cc(Br)ccc21. The normalized spacial score (nSPS) is 19.8. The number of carbonyl (C=O) groups is 2. The van der Waals surface area contributed by atoms with Crippen LogP contribution in [0.5, 0.6) is 0 Å². The van der Waals surface area contributed by atoms with Gasteiger partial charge < -0.3 is 10.0 Å². The predicted octanol–water partition coefficient (Wildman–Crippen LogP) is 3.28. The van der Waals surface area contributed by atoms with Crippen molar-refractivity contribution < 1.29 is 14.7 Å². The Hall–Kier alpha value is -1.98. The molecule has 3 rings (SSSR count). The fourth-order valence-corrected chi connectivity index (χ4v) is 3.33. The van der Waals surface area contributed by atoms with E-state index < -0.39 is 11.5 Å². The number of likely N-dealkylation sites (N-methyl/N-ethyl adjacent to an activating group) is 1. The van der Waals surface area contributed by atoms with E-state index in [1.54, 1.807) is 36.4 Å². The molecule has 0 fully saturated rings. The smallest absolute Gasteiger partial charge is 0.264 e. The summed E-state index contributed by atoms with van der Waals surface area (Å²) in [5.41, 5.74) is -0.200. The molecular formula is C18H16BrNO3. The average Bonchev–Trinajstić information content (AvgIpc) is 2.76. The number of anilines is 1. The minimum atomic E-state index is -1.82. The molecule has 1 N–H and O–H groups in total. The van der Waals surface area contributed by atoms with Gasteiger partial charge in [0.25, 0.3) is 5.91 Å². The van der Waals surface area contributed by atoms with Crippen LogP contribution in [-0.2, 0) is 10.4 Å². The highest BCUT2D eigenvalue weighted by Crippen LogP contribution is 2.43. The molecule has 0 aromatic heterocycles. The molecule has 1 unspecified atom stereocenters. The standard InChI is InChI=1S/C18H16BrNO3/c1-2-20-15-9-8-13(19)10-14(15)18(23,17(20)22)11-16(21)12-6-4-3-5-7-12/h3-10,23H,2,11H2,1H3. The first-order valence-corrected chi connectivity index (χ1v) is 8.19. The first-order chi connectivity index (χ1) is 11.0. The molecule has 1 atom stereocenters. The Balaban J connectivity index is 2.02. The van der Waals surface area contributed by atoms with E-state index in [2.05, 4.69) is 15.9 Å². The molecule has 1 aliphatic heterocycles. The second-order valence-electron chi connectivity index (χ2n) is 5.54. The fourth-order valence-electron chi connectivity index (χ4n) is 2.97. The number of carbonyl (C=O) groups excluding carboxylic acids is 2. The van der Waals surface area contributed by atoms with E-state index in [9.17, 15) is 14.7 Å². The van der Waals surface area contributed by atoms with Crippen molar-refractivity contribution in [3.63, 3.8) is 0 Å². The number of Topliss-reactive ketones (excluding diaryl/α,β-unsaturated/α-hetero) is 1. The minimum absolute atomic E-state index is 0.259. The monoisotopic (exact) mass is 373 g/mol. The Labute approximate surface area is 142 Å². The van der Waals surface area contributed by atoms with Gasteiger partial charge in [-0.2, -0.15) is 0 Å². The van der Waals surface area contributed by atoms with Crippen LogP contribution in [0.2, 0.25) is 0 Å². The van der Waals surface area contributed by atoms with Crippen molar-refractivity contribution in [3.05, 3.63) is 64.1 Å². The first kappa shape index (κ1) is 15.9. The lowest BCUT2D eigenvalue weighted by Crippen LogP contribution is -2.41. The van der Waals surface area contributed by atoms with Crippen molar-refractivity contribution in [2.24, 2.45) is 0 Å². The number of aliphatic hydroxyl groups is 1. The van der Waals surface area contributed by atoms with Crippen molar-refractivity contribution in [1.82, 2.24) is 0 Å². The summed E-state index contributed by atoms with van der Waals surface area (Å²) in [5.74, 6) is -0.706. The molecule has 118 valence electrons. The van der Waals surface area contributed by atoms with Crippen molar-refractivity contribution in [2.45, 2.75) is 18.9 Å². The highest BCUT2D eigenvalue weighted by molar-refractivity contribution is 9.10. The number of hydrogen-bond donors (Lipinski definition) is 1. The third-order valence-electron chi connectivity index (χ3n) is 4.12. The quantitative estimate of drug-likeness (QED) is 0.836. The van der Waals surface area contributed by atoms with Crippen molar-refractivity contribution in [2.75, 3.05) is 11.4 Å². The second-order valence-corrected chi connectivity index (χ2v) is 6.45. The highest BCUT2D eigenvalue weighted by Gasteiger charge is 2.50. The predicted molar refractivity (Wildman–Crippen MR) is 91.5 cm³/mol. The molecule has 0 aliphatic carbocycles. The number of hydrogen-bond acceptors (Lipinski definition) is 3. The van der Waals surface area contributed by atoms with Crippen LogP contribution in [0.25, 0.3) is 0 Å². The van der Waals surface area contributed by atoms with Crippen molar-refractivity contribution in [1.29, 1.82) is 0 Å².